The number of carboxylic acid groups (broad SMARTS) is 2. The molecule has 0 saturated carbocycles. The lowest BCUT2D eigenvalue weighted by Crippen LogP contribution is -2.17. The third-order valence-electron chi connectivity index (χ3n) is 3.03. The molecule has 3 aromatic heterocycles. The van der Waals surface area contributed by atoms with E-state index in [-0.39, 0.29) is 22.6 Å². The minimum Gasteiger partial charge on any atom is -0.475 e. The van der Waals surface area contributed by atoms with Gasteiger partial charge in [-0.25, -0.2) is 9.59 Å². The standard InChI is InChI=1S/C12H9N5O6/c1-16-5(2-3-13-16)10(18)14-9-8-6(17(15-9)12(21)22)4-7(23-8)11(19)20/h2-4H,1H3,(H,19,20)(H,21,22)(H,14,15,18). The maximum absolute atomic E-state index is 12.1. The van der Waals surface area contributed by atoms with Gasteiger partial charge < -0.3 is 19.9 Å². The molecular formula is C12H9N5O6. The first-order chi connectivity index (χ1) is 10.9. The lowest BCUT2D eigenvalue weighted by atomic mass is 10.4. The first-order valence-corrected chi connectivity index (χ1v) is 6.17. The van der Waals surface area contributed by atoms with Gasteiger partial charge in [0.2, 0.25) is 5.76 Å². The van der Waals surface area contributed by atoms with Gasteiger partial charge in [0, 0.05) is 19.3 Å². The van der Waals surface area contributed by atoms with Gasteiger partial charge in [0.1, 0.15) is 11.2 Å². The molecule has 0 bridgehead atoms. The Morgan fingerprint density at radius 1 is 1.30 bits per heavy atom. The second-order valence-corrected chi connectivity index (χ2v) is 4.47. The molecule has 0 aliphatic rings. The highest BCUT2D eigenvalue weighted by molar-refractivity contribution is 6.07. The van der Waals surface area contributed by atoms with Gasteiger partial charge in [-0.05, 0) is 6.07 Å². The molecule has 0 radical (unpaired) electrons. The van der Waals surface area contributed by atoms with E-state index < -0.39 is 23.7 Å². The molecule has 23 heavy (non-hydrogen) atoms. The highest BCUT2D eigenvalue weighted by Crippen LogP contribution is 2.27. The van der Waals surface area contributed by atoms with E-state index in [0.29, 0.717) is 4.68 Å². The van der Waals surface area contributed by atoms with Gasteiger partial charge in [0.25, 0.3) is 5.91 Å². The SMILES string of the molecule is Cn1nccc1C(=O)Nc1nn(C(=O)O)c2cc(C(=O)O)oc12. The average Bonchev–Trinajstić information content (AvgIpc) is 3.14. The first kappa shape index (κ1) is 14.3. The number of hydrogen-bond acceptors (Lipinski definition) is 6. The zero-order valence-corrected chi connectivity index (χ0v) is 11.5. The van der Waals surface area contributed by atoms with Crippen molar-refractivity contribution in [3.8, 4) is 0 Å². The molecule has 118 valence electrons. The summed E-state index contributed by atoms with van der Waals surface area (Å²) in [4.78, 5) is 34.2. The maximum atomic E-state index is 12.1. The van der Waals surface area contributed by atoms with Gasteiger partial charge in [0.05, 0.1) is 0 Å². The number of aromatic nitrogens is 4. The molecule has 11 heteroatoms. The number of rotatable bonds is 3. The van der Waals surface area contributed by atoms with Crippen LogP contribution >= 0.6 is 0 Å². The van der Waals surface area contributed by atoms with Crippen LogP contribution in [0.1, 0.15) is 21.0 Å². The van der Waals surface area contributed by atoms with Crippen LogP contribution < -0.4 is 5.32 Å². The Kier molecular flexibility index (Phi) is 3.10. The van der Waals surface area contributed by atoms with Crippen molar-refractivity contribution in [1.82, 2.24) is 19.6 Å². The predicted octanol–water partition coefficient (Wildman–Crippen LogP) is 0.839. The van der Waals surface area contributed by atoms with Crippen molar-refractivity contribution in [2.24, 2.45) is 7.05 Å². The van der Waals surface area contributed by atoms with Crippen molar-refractivity contribution in [3.05, 3.63) is 29.8 Å². The third kappa shape index (κ3) is 2.29. The smallest absolute Gasteiger partial charge is 0.432 e. The second kappa shape index (κ2) is 4.98. The average molecular weight is 319 g/mol. The molecule has 1 amide bonds. The van der Waals surface area contributed by atoms with Gasteiger partial charge >= 0.3 is 12.1 Å². The van der Waals surface area contributed by atoms with Gasteiger partial charge in [-0.2, -0.15) is 9.78 Å². The number of anilines is 1. The monoisotopic (exact) mass is 319 g/mol. The highest BCUT2D eigenvalue weighted by Gasteiger charge is 2.24. The highest BCUT2D eigenvalue weighted by atomic mass is 16.4. The van der Waals surface area contributed by atoms with E-state index in [1.54, 1.807) is 7.05 Å². The number of aryl methyl sites for hydroxylation is 1. The molecule has 0 spiro atoms. The summed E-state index contributed by atoms with van der Waals surface area (Å²) in [5.41, 5.74) is -0.0384. The lowest BCUT2D eigenvalue weighted by molar-refractivity contribution is 0.0665. The van der Waals surface area contributed by atoms with Crippen molar-refractivity contribution >= 4 is 34.9 Å². The van der Waals surface area contributed by atoms with E-state index in [4.69, 9.17) is 14.6 Å². The second-order valence-electron chi connectivity index (χ2n) is 4.47. The van der Waals surface area contributed by atoms with Crippen molar-refractivity contribution in [3.63, 3.8) is 0 Å². The lowest BCUT2D eigenvalue weighted by Gasteiger charge is -2.01. The number of nitrogens with zero attached hydrogens (tertiary/aromatic N) is 4. The summed E-state index contributed by atoms with van der Waals surface area (Å²) in [6.45, 7) is 0. The molecule has 0 fully saturated rings. The molecule has 0 aliphatic heterocycles. The summed E-state index contributed by atoms with van der Waals surface area (Å²) in [7, 11) is 1.55. The van der Waals surface area contributed by atoms with E-state index in [1.165, 1.54) is 16.9 Å². The summed E-state index contributed by atoms with van der Waals surface area (Å²) in [5.74, 6) is -2.65. The number of fused-ring (bicyclic) bond motifs is 1. The molecular weight excluding hydrogens is 310 g/mol. The quantitative estimate of drug-likeness (QED) is 0.642. The topological polar surface area (TPSA) is 152 Å². The fraction of sp³-hybridized carbons (Fsp3) is 0.0833. The van der Waals surface area contributed by atoms with Crippen molar-refractivity contribution in [2.45, 2.75) is 0 Å². The number of furan rings is 1. The van der Waals surface area contributed by atoms with Crippen molar-refractivity contribution in [1.29, 1.82) is 0 Å². The minimum atomic E-state index is -1.45. The zero-order valence-electron chi connectivity index (χ0n) is 11.5. The Balaban J connectivity index is 2.06. The van der Waals surface area contributed by atoms with Crippen LogP contribution in [0.5, 0.6) is 0 Å². The molecule has 0 unspecified atom stereocenters. The number of carbonyl (C=O) groups excluding carboxylic acids is 1. The Morgan fingerprint density at radius 3 is 2.61 bits per heavy atom. The summed E-state index contributed by atoms with van der Waals surface area (Å²) in [6, 6.07) is 2.46. The van der Waals surface area contributed by atoms with Crippen LogP contribution in [0.4, 0.5) is 10.6 Å². The summed E-state index contributed by atoms with van der Waals surface area (Å²) < 4.78 is 6.89. The fourth-order valence-electron chi connectivity index (χ4n) is 2.01. The molecule has 3 N–H and O–H groups in total. The Bertz CT molecular complexity index is 949. The fourth-order valence-corrected chi connectivity index (χ4v) is 2.01. The van der Waals surface area contributed by atoms with E-state index in [2.05, 4.69) is 15.5 Å². The van der Waals surface area contributed by atoms with Crippen LogP contribution in [-0.2, 0) is 7.05 Å². The number of carboxylic acids is 1. The van der Waals surface area contributed by atoms with Crippen LogP contribution in [0.25, 0.3) is 11.1 Å². The number of hydrogen-bond donors (Lipinski definition) is 3. The van der Waals surface area contributed by atoms with Crippen molar-refractivity contribution in [2.75, 3.05) is 5.32 Å². The molecule has 0 aromatic carbocycles. The van der Waals surface area contributed by atoms with Crippen LogP contribution in [0.3, 0.4) is 0 Å². The Labute approximate surface area is 126 Å². The number of carbonyl (C=O) groups is 3. The third-order valence-corrected chi connectivity index (χ3v) is 3.03. The molecule has 0 aliphatic carbocycles. The molecule has 0 atom stereocenters. The predicted molar refractivity (Wildman–Crippen MR) is 73.5 cm³/mol. The van der Waals surface area contributed by atoms with Crippen molar-refractivity contribution < 1.29 is 29.0 Å². The largest absolute Gasteiger partial charge is 0.475 e. The summed E-state index contributed by atoms with van der Waals surface area (Å²) in [6.07, 6.45) is -0.0377. The maximum Gasteiger partial charge on any atom is 0.432 e. The number of aromatic carboxylic acids is 1. The van der Waals surface area contributed by atoms with Gasteiger partial charge in [-0.1, -0.05) is 0 Å². The van der Waals surface area contributed by atoms with E-state index >= 15 is 0 Å². The van der Waals surface area contributed by atoms with Gasteiger partial charge in [0.15, 0.2) is 11.4 Å². The van der Waals surface area contributed by atoms with Crippen LogP contribution in [0.15, 0.2) is 22.7 Å². The van der Waals surface area contributed by atoms with E-state index in [1.807, 2.05) is 0 Å². The minimum absolute atomic E-state index is 0.0878. The van der Waals surface area contributed by atoms with Crippen LogP contribution in [0, 0.1) is 0 Å². The molecule has 0 saturated heterocycles. The molecule has 3 heterocycles. The van der Waals surface area contributed by atoms with E-state index in [0.717, 1.165) is 6.07 Å². The Hall–Kier alpha value is -3.63. The summed E-state index contributed by atoms with van der Waals surface area (Å²) >= 11 is 0. The van der Waals surface area contributed by atoms with Gasteiger partial charge in [-0.3, -0.25) is 9.48 Å². The number of nitrogens with one attached hydrogen (secondary N) is 1. The Morgan fingerprint density at radius 2 is 2.04 bits per heavy atom. The van der Waals surface area contributed by atoms with Crippen LogP contribution in [0.2, 0.25) is 0 Å². The summed E-state index contributed by atoms with van der Waals surface area (Å²) in [5, 5.41) is 27.9. The normalized spacial score (nSPS) is 10.8. The van der Waals surface area contributed by atoms with Gasteiger partial charge in [-0.15, -0.1) is 5.10 Å². The van der Waals surface area contributed by atoms with E-state index in [9.17, 15) is 14.4 Å². The molecule has 11 nitrogen and oxygen atoms in total. The molecule has 3 aromatic rings. The first-order valence-electron chi connectivity index (χ1n) is 6.17. The number of amides is 1. The molecule has 3 rings (SSSR count). The zero-order chi connectivity index (χ0) is 16.7. The van der Waals surface area contributed by atoms with Crippen LogP contribution in [-0.4, -0.2) is 47.7 Å².